The van der Waals surface area contributed by atoms with E-state index in [1.165, 1.54) is 19.1 Å². The summed E-state index contributed by atoms with van der Waals surface area (Å²) in [5.41, 5.74) is -5.56. The highest BCUT2D eigenvalue weighted by molar-refractivity contribution is 9.10. The van der Waals surface area contributed by atoms with Crippen molar-refractivity contribution in [3.63, 3.8) is 0 Å². The molecule has 0 saturated carbocycles. The molecule has 0 aliphatic rings. The standard InChI is InChI=1S/C8H8F2.C7H2BrClF2O.C3H8S2.CHF3O3S/c1-5-3-7(9)6(2)8(10)4-5;8-3-1-4(10)6(7(9)12)5(11)2-3;4-2-1-3-5;2-1(3,4)8(5,6)7/h3-4H,1-2H3;1-2H;4-5H,1-3H2;(H,5,6,7). The lowest BCUT2D eigenvalue weighted by Crippen LogP contribution is -2.21. The van der Waals surface area contributed by atoms with Crippen LogP contribution in [0.5, 0.6) is 0 Å². The Morgan fingerprint density at radius 2 is 1.29 bits per heavy atom. The molecule has 0 heterocycles. The van der Waals surface area contributed by atoms with E-state index in [1.54, 1.807) is 6.92 Å². The molecule has 0 aromatic heterocycles. The summed E-state index contributed by atoms with van der Waals surface area (Å²) in [6, 6.07) is 4.58. The quantitative estimate of drug-likeness (QED) is 0.107. The number of carbonyl (C=O) groups is 1. The van der Waals surface area contributed by atoms with Crippen LogP contribution in [0.4, 0.5) is 30.7 Å². The van der Waals surface area contributed by atoms with Crippen LogP contribution in [0, 0.1) is 37.1 Å². The van der Waals surface area contributed by atoms with E-state index in [1.807, 2.05) is 0 Å². The van der Waals surface area contributed by atoms with Crippen LogP contribution in [0.3, 0.4) is 0 Å². The Bertz CT molecular complexity index is 1040. The third-order valence-corrected chi connectivity index (χ3v) is 5.10. The molecule has 0 atom stereocenters. The molecule has 35 heavy (non-hydrogen) atoms. The van der Waals surface area contributed by atoms with Crippen LogP contribution >= 0.6 is 52.8 Å². The number of alkyl halides is 3. The molecule has 0 aliphatic carbocycles. The fraction of sp³-hybridized carbons (Fsp3) is 0.316. The Labute approximate surface area is 221 Å². The predicted octanol–water partition coefficient (Wildman–Crippen LogP) is 7.32. The van der Waals surface area contributed by atoms with E-state index in [9.17, 15) is 35.5 Å². The Hall–Kier alpha value is -1.000. The lowest BCUT2D eigenvalue weighted by Gasteiger charge is -1.99. The lowest BCUT2D eigenvalue weighted by atomic mass is 10.1. The fourth-order valence-electron chi connectivity index (χ4n) is 1.57. The van der Waals surface area contributed by atoms with Crippen molar-refractivity contribution < 1.29 is 48.5 Å². The number of benzene rings is 2. The van der Waals surface area contributed by atoms with Gasteiger partial charge in [-0.1, -0.05) is 15.9 Å². The number of thiol groups is 2. The molecule has 0 saturated heterocycles. The molecule has 0 fully saturated rings. The van der Waals surface area contributed by atoms with Crippen LogP contribution in [0.25, 0.3) is 0 Å². The van der Waals surface area contributed by atoms with Gasteiger partial charge >= 0.3 is 15.6 Å². The van der Waals surface area contributed by atoms with Crippen LogP contribution in [0.1, 0.15) is 27.9 Å². The van der Waals surface area contributed by atoms with Crippen molar-refractivity contribution in [1.82, 2.24) is 0 Å². The summed E-state index contributed by atoms with van der Waals surface area (Å²) >= 11 is 15.7. The third-order valence-electron chi connectivity index (χ3n) is 3.24. The van der Waals surface area contributed by atoms with E-state index in [-0.39, 0.29) is 10.0 Å². The molecule has 2 aromatic carbocycles. The van der Waals surface area contributed by atoms with Gasteiger partial charge in [-0.15, -0.1) is 0 Å². The van der Waals surface area contributed by atoms with Crippen molar-refractivity contribution in [3.05, 3.63) is 68.7 Å². The molecule has 4 nitrogen and oxygen atoms in total. The first-order valence-electron chi connectivity index (χ1n) is 8.82. The van der Waals surface area contributed by atoms with E-state index in [4.69, 9.17) is 24.6 Å². The van der Waals surface area contributed by atoms with Crippen molar-refractivity contribution in [3.8, 4) is 0 Å². The highest BCUT2D eigenvalue weighted by Crippen LogP contribution is 2.21. The molecular weight excluding hydrogens is 637 g/mol. The van der Waals surface area contributed by atoms with Crippen molar-refractivity contribution >= 4 is 68.1 Å². The van der Waals surface area contributed by atoms with Gasteiger partial charge in [0.05, 0.1) is 0 Å². The second-order valence-corrected chi connectivity index (χ2v) is 9.66. The second-order valence-electron chi connectivity index (χ2n) is 6.09. The van der Waals surface area contributed by atoms with Gasteiger partial charge in [0.2, 0.25) is 0 Å². The number of halogens is 9. The maximum Gasteiger partial charge on any atom is 0.522 e. The number of aryl methyl sites for hydroxylation is 1. The number of hydrogen-bond acceptors (Lipinski definition) is 5. The third kappa shape index (κ3) is 15.0. The predicted molar refractivity (Wildman–Crippen MR) is 130 cm³/mol. The Morgan fingerprint density at radius 3 is 1.51 bits per heavy atom. The summed E-state index contributed by atoms with van der Waals surface area (Å²) in [6.45, 7) is 3.08. The average Bonchev–Trinajstić information content (AvgIpc) is 2.65. The van der Waals surface area contributed by atoms with Crippen molar-refractivity contribution in [2.45, 2.75) is 25.8 Å². The van der Waals surface area contributed by atoms with Gasteiger partial charge in [0.25, 0.3) is 5.24 Å². The monoisotopic (exact) mass is 654 g/mol. The fourth-order valence-corrected chi connectivity index (χ4v) is 2.72. The lowest BCUT2D eigenvalue weighted by molar-refractivity contribution is -0.0510. The molecule has 0 aliphatic heterocycles. The van der Waals surface area contributed by atoms with Crippen molar-refractivity contribution in [1.29, 1.82) is 0 Å². The van der Waals surface area contributed by atoms with E-state index < -0.39 is 49.7 Å². The van der Waals surface area contributed by atoms with E-state index in [0.717, 1.165) is 30.1 Å². The summed E-state index contributed by atoms with van der Waals surface area (Å²) in [7, 11) is -5.84. The molecule has 0 bridgehead atoms. The molecule has 2 aromatic rings. The first kappa shape index (κ1) is 36.2. The van der Waals surface area contributed by atoms with Crippen molar-refractivity contribution in [2.24, 2.45) is 0 Å². The van der Waals surface area contributed by atoms with Crippen LogP contribution in [-0.2, 0) is 10.1 Å². The van der Waals surface area contributed by atoms with E-state index in [2.05, 4.69) is 41.2 Å². The zero-order valence-electron chi connectivity index (χ0n) is 17.8. The molecule has 0 spiro atoms. The van der Waals surface area contributed by atoms with E-state index in [0.29, 0.717) is 5.56 Å². The van der Waals surface area contributed by atoms with Gasteiger partial charge in [0, 0.05) is 10.0 Å². The van der Waals surface area contributed by atoms with Crippen LogP contribution in [0.2, 0.25) is 0 Å². The maximum atomic E-state index is 12.8. The minimum Gasteiger partial charge on any atom is -0.279 e. The molecule has 16 heteroatoms. The zero-order valence-corrected chi connectivity index (χ0v) is 22.8. The van der Waals surface area contributed by atoms with Crippen LogP contribution in [-0.4, -0.2) is 35.2 Å². The number of hydrogen-bond donors (Lipinski definition) is 3. The zero-order chi connectivity index (χ0) is 28.1. The summed E-state index contributed by atoms with van der Waals surface area (Å²) in [5.74, 6) is -0.966. The minimum atomic E-state index is -5.84. The topological polar surface area (TPSA) is 71.4 Å². The van der Waals surface area contributed by atoms with Gasteiger partial charge in [-0.3, -0.25) is 9.35 Å². The normalized spacial score (nSPS) is 10.7. The molecule has 2 rings (SSSR count). The van der Waals surface area contributed by atoms with Crippen molar-refractivity contribution in [2.75, 3.05) is 11.5 Å². The minimum absolute atomic E-state index is 0.0885. The van der Waals surface area contributed by atoms with Gasteiger partial charge in [-0.25, -0.2) is 17.6 Å². The summed E-state index contributed by atoms with van der Waals surface area (Å²) < 4.78 is 109. The Morgan fingerprint density at radius 1 is 0.943 bits per heavy atom. The number of rotatable bonds is 3. The van der Waals surface area contributed by atoms with Gasteiger partial charge in [-0.2, -0.15) is 46.8 Å². The number of carbonyl (C=O) groups excluding carboxylic acids is 1. The SMILES string of the molecule is Cc1cc(F)c(C)c(F)c1.O=C(Cl)c1c(F)cc(Br)cc1F.O=S(=O)(O)C(F)(F)F.SCCCS. The largest absolute Gasteiger partial charge is 0.522 e. The summed E-state index contributed by atoms with van der Waals surface area (Å²) in [4.78, 5) is 10.5. The Kier molecular flexibility index (Phi) is 17.2. The van der Waals surface area contributed by atoms with Crippen LogP contribution in [0.15, 0.2) is 28.7 Å². The first-order chi connectivity index (χ1) is 15.8. The highest BCUT2D eigenvalue weighted by atomic mass is 79.9. The van der Waals surface area contributed by atoms with E-state index >= 15 is 0 Å². The smallest absolute Gasteiger partial charge is 0.279 e. The molecule has 0 radical (unpaired) electrons. The maximum absolute atomic E-state index is 12.8. The van der Waals surface area contributed by atoms with Crippen LogP contribution < -0.4 is 0 Å². The highest BCUT2D eigenvalue weighted by Gasteiger charge is 2.44. The molecule has 1 N–H and O–H groups in total. The molecular formula is C19H19BrClF7O4S3. The molecule has 0 amide bonds. The molecule has 200 valence electrons. The first-order valence-corrected chi connectivity index (χ1v) is 12.7. The van der Waals surface area contributed by atoms with Gasteiger partial charge in [0.1, 0.15) is 28.8 Å². The Balaban J connectivity index is 0. The average molecular weight is 656 g/mol. The molecule has 0 unspecified atom stereocenters. The summed E-state index contributed by atoms with van der Waals surface area (Å²) in [6.07, 6.45) is 1.12. The van der Waals surface area contributed by atoms with Gasteiger partial charge in [-0.05, 0) is 73.2 Å². The van der Waals surface area contributed by atoms with Gasteiger partial charge in [0.15, 0.2) is 0 Å². The second kappa shape index (κ2) is 16.7. The van der Waals surface area contributed by atoms with Gasteiger partial charge < -0.3 is 0 Å². The summed E-state index contributed by atoms with van der Waals surface area (Å²) in [5, 5.41) is -1.14.